The van der Waals surface area contributed by atoms with Crippen LogP contribution in [0.2, 0.25) is 0 Å². The zero-order valence-corrected chi connectivity index (χ0v) is 15.9. The van der Waals surface area contributed by atoms with Crippen molar-refractivity contribution < 1.29 is 32.1 Å². The quantitative estimate of drug-likeness (QED) is 0.565. The molecule has 0 aromatic carbocycles. The average Bonchev–Trinajstić information content (AvgIpc) is 3.43. The van der Waals surface area contributed by atoms with Crippen molar-refractivity contribution in [2.45, 2.75) is 25.3 Å². The van der Waals surface area contributed by atoms with Gasteiger partial charge in [-0.3, -0.25) is 4.79 Å². The zero-order chi connectivity index (χ0) is 22.2. The van der Waals surface area contributed by atoms with Gasteiger partial charge in [0.2, 0.25) is 5.69 Å². The normalized spacial score (nSPS) is 16.6. The molecule has 0 aliphatic carbocycles. The number of alkyl halides is 3. The van der Waals surface area contributed by atoms with Gasteiger partial charge in [-0.2, -0.15) is 18.3 Å². The number of urea groups is 1. The van der Waals surface area contributed by atoms with E-state index in [1.54, 1.807) is 12.3 Å². The van der Waals surface area contributed by atoms with Crippen LogP contribution in [0.15, 0.2) is 23.1 Å². The van der Waals surface area contributed by atoms with E-state index < -0.39 is 30.7 Å². The van der Waals surface area contributed by atoms with Gasteiger partial charge in [-0.15, -0.1) is 0 Å². The largest absolute Gasteiger partial charge is 0.477 e. The molecular weight excluding hydrogens is 425 g/mol. The Morgan fingerprint density at radius 1 is 1.42 bits per heavy atom. The maximum absolute atomic E-state index is 12.8. The predicted octanol–water partition coefficient (Wildman–Crippen LogP) is 0.507. The van der Waals surface area contributed by atoms with Crippen molar-refractivity contribution in [1.82, 2.24) is 40.4 Å². The number of imidazole rings is 1. The number of nitrogens with zero attached hydrogens (tertiary/aromatic N) is 6. The van der Waals surface area contributed by atoms with Crippen LogP contribution in [0.5, 0.6) is 5.88 Å². The first-order valence-electron chi connectivity index (χ1n) is 8.84. The van der Waals surface area contributed by atoms with Gasteiger partial charge in [0.1, 0.15) is 6.04 Å². The van der Waals surface area contributed by atoms with Crippen molar-refractivity contribution in [3.05, 3.63) is 35.4 Å². The first-order chi connectivity index (χ1) is 14.7. The number of fused-ring (bicyclic) bond motifs is 1. The maximum Gasteiger partial charge on any atom is 0.410 e. The van der Waals surface area contributed by atoms with Crippen LogP contribution in [0.3, 0.4) is 0 Å². The van der Waals surface area contributed by atoms with Crippen LogP contribution in [0.4, 0.5) is 18.0 Å². The minimum atomic E-state index is -4.51. The van der Waals surface area contributed by atoms with Crippen LogP contribution < -0.4 is 15.4 Å². The summed E-state index contributed by atoms with van der Waals surface area (Å²) in [6, 6.07) is -1.11. The number of nitrogens with one attached hydrogen (secondary N) is 2. The van der Waals surface area contributed by atoms with Gasteiger partial charge >= 0.3 is 12.2 Å². The molecule has 12 nitrogen and oxygen atoms in total. The fraction of sp³-hybridized carbons (Fsp3) is 0.375. The van der Waals surface area contributed by atoms with E-state index in [1.807, 2.05) is 5.32 Å². The minimum absolute atomic E-state index is 0.0370. The van der Waals surface area contributed by atoms with Gasteiger partial charge < -0.3 is 20.3 Å². The van der Waals surface area contributed by atoms with Crippen LogP contribution in [-0.4, -0.2) is 67.6 Å². The fourth-order valence-corrected chi connectivity index (χ4v) is 2.98. The molecule has 3 aromatic heterocycles. The van der Waals surface area contributed by atoms with Crippen molar-refractivity contribution in [1.29, 1.82) is 0 Å². The average molecular weight is 440 g/mol. The highest BCUT2D eigenvalue weighted by Gasteiger charge is 2.46. The van der Waals surface area contributed by atoms with Crippen LogP contribution in [0.1, 0.15) is 21.7 Å². The Bertz CT molecular complexity index is 1130. The molecule has 4 heterocycles. The summed E-state index contributed by atoms with van der Waals surface area (Å²) in [4.78, 5) is 29.3. The number of methoxy groups -OCH3 is 1. The predicted molar refractivity (Wildman–Crippen MR) is 93.8 cm³/mol. The number of halogens is 3. The van der Waals surface area contributed by atoms with Gasteiger partial charge in [-0.05, 0) is 21.9 Å². The van der Waals surface area contributed by atoms with E-state index in [0.717, 1.165) is 4.90 Å². The molecule has 1 fully saturated rings. The molecule has 0 radical (unpaired) electrons. The highest BCUT2D eigenvalue weighted by atomic mass is 19.4. The Morgan fingerprint density at radius 2 is 2.23 bits per heavy atom. The molecule has 1 aliphatic rings. The number of amides is 3. The van der Waals surface area contributed by atoms with Gasteiger partial charge in [-0.25, -0.2) is 18.9 Å². The number of ether oxygens (including phenoxy) is 1. The molecule has 0 saturated carbocycles. The number of rotatable bonds is 6. The van der Waals surface area contributed by atoms with Crippen molar-refractivity contribution in [2.24, 2.45) is 0 Å². The Labute approximate surface area is 171 Å². The molecule has 164 valence electrons. The summed E-state index contributed by atoms with van der Waals surface area (Å²) in [7, 11) is 1.32. The van der Waals surface area contributed by atoms with Crippen molar-refractivity contribution in [2.75, 3.05) is 13.7 Å². The van der Waals surface area contributed by atoms with Crippen LogP contribution in [0.25, 0.3) is 5.65 Å². The van der Waals surface area contributed by atoms with E-state index in [9.17, 15) is 22.8 Å². The molecular formula is C16H15F3N8O4. The van der Waals surface area contributed by atoms with E-state index in [2.05, 4.69) is 30.3 Å². The summed E-state index contributed by atoms with van der Waals surface area (Å²) in [6.07, 6.45) is -1.52. The lowest BCUT2D eigenvalue weighted by atomic mass is 10.2. The second-order valence-electron chi connectivity index (χ2n) is 6.63. The summed E-state index contributed by atoms with van der Waals surface area (Å²) >= 11 is 0. The summed E-state index contributed by atoms with van der Waals surface area (Å²) in [5.41, 5.74) is 1.25. The number of hydrogen-bond donors (Lipinski definition) is 2. The number of carbonyl (C=O) groups excluding carboxylic acids is 2. The molecule has 0 spiro atoms. The van der Waals surface area contributed by atoms with E-state index in [4.69, 9.17) is 4.74 Å². The fourth-order valence-electron chi connectivity index (χ4n) is 2.98. The second-order valence-corrected chi connectivity index (χ2v) is 6.63. The smallest absolute Gasteiger partial charge is 0.410 e. The molecule has 1 atom stereocenters. The number of carbonyl (C=O) groups is 2. The Kier molecular flexibility index (Phi) is 5.08. The third kappa shape index (κ3) is 4.19. The first-order valence-corrected chi connectivity index (χ1v) is 8.84. The van der Waals surface area contributed by atoms with Crippen molar-refractivity contribution in [3.63, 3.8) is 0 Å². The monoisotopic (exact) mass is 440 g/mol. The van der Waals surface area contributed by atoms with E-state index in [-0.39, 0.29) is 24.7 Å². The zero-order valence-electron chi connectivity index (χ0n) is 15.9. The Morgan fingerprint density at radius 3 is 2.94 bits per heavy atom. The molecule has 15 heteroatoms. The third-order valence-corrected chi connectivity index (χ3v) is 4.48. The van der Waals surface area contributed by atoms with E-state index >= 15 is 0 Å². The molecule has 4 rings (SSSR count). The lowest BCUT2D eigenvalue weighted by Gasteiger charge is -2.15. The molecule has 0 bridgehead atoms. The topological polar surface area (TPSA) is 140 Å². The molecule has 31 heavy (non-hydrogen) atoms. The van der Waals surface area contributed by atoms with E-state index in [0.29, 0.717) is 16.9 Å². The van der Waals surface area contributed by atoms with Crippen LogP contribution >= 0.6 is 0 Å². The van der Waals surface area contributed by atoms with Crippen molar-refractivity contribution >= 4 is 17.6 Å². The molecule has 1 aliphatic heterocycles. The molecule has 3 aromatic rings. The van der Waals surface area contributed by atoms with Crippen LogP contribution in [-0.2, 0) is 13.1 Å². The number of hydrogen-bond acceptors (Lipinski definition) is 8. The van der Waals surface area contributed by atoms with Crippen LogP contribution in [0, 0.1) is 0 Å². The molecule has 2 N–H and O–H groups in total. The maximum atomic E-state index is 12.8. The lowest BCUT2D eigenvalue weighted by Crippen LogP contribution is -2.40. The minimum Gasteiger partial charge on any atom is -0.477 e. The van der Waals surface area contributed by atoms with Gasteiger partial charge in [0.15, 0.2) is 5.65 Å². The van der Waals surface area contributed by atoms with Gasteiger partial charge in [-0.1, -0.05) is 0 Å². The van der Waals surface area contributed by atoms with Gasteiger partial charge in [0, 0.05) is 6.54 Å². The first kappa shape index (κ1) is 20.4. The molecule has 1 saturated heterocycles. The van der Waals surface area contributed by atoms with Crippen molar-refractivity contribution in [3.8, 4) is 5.88 Å². The second kappa shape index (κ2) is 7.73. The van der Waals surface area contributed by atoms with Gasteiger partial charge in [0.05, 0.1) is 38.3 Å². The third-order valence-electron chi connectivity index (χ3n) is 4.48. The summed E-state index contributed by atoms with van der Waals surface area (Å²) in [6.45, 7) is -0.505. The summed E-state index contributed by atoms with van der Waals surface area (Å²) in [5.74, 6) is -0.638. The van der Waals surface area contributed by atoms with Gasteiger partial charge in [0.25, 0.3) is 11.8 Å². The molecule has 3 amide bonds. The Hall–Kier alpha value is -3.91. The Balaban J connectivity index is 1.41. The number of aromatic nitrogens is 5. The van der Waals surface area contributed by atoms with E-state index in [1.165, 1.54) is 17.8 Å². The lowest BCUT2D eigenvalue weighted by molar-refractivity contribution is -0.149. The highest BCUT2D eigenvalue weighted by molar-refractivity contribution is 5.94. The molecule has 1 unspecified atom stereocenters. The summed E-state index contributed by atoms with van der Waals surface area (Å²) in [5, 5.41) is 15.5. The summed E-state index contributed by atoms with van der Waals surface area (Å²) < 4.78 is 49.1. The highest BCUT2D eigenvalue weighted by Crippen LogP contribution is 2.25. The standard InChI is InChI=1S/C16H15F3N8O4/c1-30-14-12(24-31-25-14)13(28)20-4-9-6-27-11(22-9)2-8(3-21-27)5-26-7-10(16(17,18)19)23-15(26)29/h2-3,6,10H,4-5,7H2,1H3,(H,20,28)(H,23,29). The SMILES string of the molecule is COc1nonc1C(=O)NCc1cn2ncc(CN3CC(C(F)(F)F)NC3=O)cc2n1.